The van der Waals surface area contributed by atoms with Gasteiger partial charge < -0.3 is 24.4 Å². The van der Waals surface area contributed by atoms with Gasteiger partial charge in [-0.1, -0.05) is 30.0 Å². The Morgan fingerprint density at radius 3 is 2.37 bits per heavy atom. The predicted octanol–water partition coefficient (Wildman–Crippen LogP) is 2.76. The smallest absolute Gasteiger partial charge is 0.251 e. The average molecular weight is 495 g/mol. The molecule has 1 aliphatic heterocycles. The van der Waals surface area contributed by atoms with Gasteiger partial charge in [0.05, 0.1) is 18.9 Å². The molecule has 1 aliphatic rings. The Labute approximate surface area is 209 Å². The number of nitrogens with zero attached hydrogens (tertiary/aromatic N) is 5. The first-order valence-electron chi connectivity index (χ1n) is 11.5. The maximum atomic E-state index is 12.8. The molecule has 2 aromatic carbocycles. The molecule has 0 bridgehead atoms. The molecule has 0 unspecified atom stereocenters. The number of thioether (sulfide) groups is 1. The second kappa shape index (κ2) is 11.3. The van der Waals surface area contributed by atoms with Crippen LogP contribution in [0.1, 0.15) is 29.1 Å². The summed E-state index contributed by atoms with van der Waals surface area (Å²) in [7, 11) is 3.43. The zero-order chi connectivity index (χ0) is 24.8. The number of hydrogen-bond acceptors (Lipinski definition) is 7. The Morgan fingerprint density at radius 1 is 1.03 bits per heavy atom. The van der Waals surface area contributed by atoms with E-state index in [1.54, 1.807) is 31.4 Å². The molecule has 1 N–H and O–H groups in total. The van der Waals surface area contributed by atoms with Gasteiger partial charge in [-0.3, -0.25) is 9.59 Å². The SMILES string of the molecule is COc1ccc(C(=O)N[C@@H](C)c2nnc(SCC(=O)N3CCN(c4ccccc4)CC3)n2C)cc1. The van der Waals surface area contributed by atoms with E-state index >= 15 is 0 Å². The average Bonchev–Trinajstić information content (AvgIpc) is 3.28. The van der Waals surface area contributed by atoms with Crippen molar-refractivity contribution in [3.63, 3.8) is 0 Å². The van der Waals surface area contributed by atoms with Gasteiger partial charge in [0.15, 0.2) is 11.0 Å². The van der Waals surface area contributed by atoms with E-state index in [0.29, 0.717) is 41.1 Å². The third-order valence-corrected chi connectivity index (χ3v) is 7.04. The van der Waals surface area contributed by atoms with E-state index in [0.717, 1.165) is 13.1 Å². The number of amides is 2. The number of rotatable bonds is 8. The van der Waals surface area contributed by atoms with Crippen molar-refractivity contribution in [1.82, 2.24) is 25.0 Å². The highest BCUT2D eigenvalue weighted by molar-refractivity contribution is 7.99. The molecular weight excluding hydrogens is 464 g/mol. The van der Waals surface area contributed by atoms with Crippen molar-refractivity contribution in [2.75, 3.05) is 43.9 Å². The Balaban J connectivity index is 1.27. The molecule has 184 valence electrons. The van der Waals surface area contributed by atoms with Gasteiger partial charge in [-0.2, -0.15) is 0 Å². The van der Waals surface area contributed by atoms with Crippen molar-refractivity contribution in [3.05, 3.63) is 66.0 Å². The maximum absolute atomic E-state index is 12.8. The zero-order valence-corrected chi connectivity index (χ0v) is 21.0. The minimum Gasteiger partial charge on any atom is -0.497 e. The normalized spacial score (nSPS) is 14.5. The van der Waals surface area contributed by atoms with Crippen LogP contribution in [0.3, 0.4) is 0 Å². The number of anilines is 1. The lowest BCUT2D eigenvalue weighted by Crippen LogP contribution is -2.49. The summed E-state index contributed by atoms with van der Waals surface area (Å²) in [6, 6.07) is 16.8. The number of methoxy groups -OCH3 is 1. The van der Waals surface area contributed by atoms with Crippen molar-refractivity contribution in [2.45, 2.75) is 18.1 Å². The number of piperazine rings is 1. The first-order chi connectivity index (χ1) is 17.0. The van der Waals surface area contributed by atoms with Gasteiger partial charge in [0, 0.05) is 44.5 Å². The fraction of sp³-hybridized carbons (Fsp3) is 0.360. The number of para-hydroxylation sites is 1. The second-order valence-electron chi connectivity index (χ2n) is 8.32. The van der Waals surface area contributed by atoms with Crippen molar-refractivity contribution in [1.29, 1.82) is 0 Å². The van der Waals surface area contributed by atoms with Gasteiger partial charge >= 0.3 is 0 Å². The van der Waals surface area contributed by atoms with E-state index < -0.39 is 0 Å². The molecule has 1 atom stereocenters. The largest absolute Gasteiger partial charge is 0.497 e. The third kappa shape index (κ3) is 5.94. The lowest BCUT2D eigenvalue weighted by Gasteiger charge is -2.36. The summed E-state index contributed by atoms with van der Waals surface area (Å²) < 4.78 is 6.96. The fourth-order valence-electron chi connectivity index (χ4n) is 3.99. The van der Waals surface area contributed by atoms with Crippen LogP contribution in [0, 0.1) is 0 Å². The fourth-order valence-corrected chi connectivity index (χ4v) is 4.81. The van der Waals surface area contributed by atoms with Gasteiger partial charge in [0.2, 0.25) is 5.91 Å². The van der Waals surface area contributed by atoms with Crippen LogP contribution in [0.4, 0.5) is 5.69 Å². The molecular formula is C25H30N6O3S. The molecule has 1 aromatic heterocycles. The summed E-state index contributed by atoms with van der Waals surface area (Å²) in [5.74, 6) is 1.50. The number of hydrogen-bond donors (Lipinski definition) is 1. The molecule has 4 rings (SSSR count). The molecule has 3 aromatic rings. The Morgan fingerprint density at radius 2 is 1.71 bits per heavy atom. The predicted molar refractivity (Wildman–Crippen MR) is 136 cm³/mol. The van der Waals surface area contributed by atoms with Gasteiger partial charge in [-0.25, -0.2) is 0 Å². The summed E-state index contributed by atoms with van der Waals surface area (Å²) in [4.78, 5) is 29.6. The summed E-state index contributed by atoms with van der Waals surface area (Å²) in [5.41, 5.74) is 1.72. The van der Waals surface area contributed by atoms with Crippen LogP contribution in [-0.4, -0.2) is 70.5 Å². The van der Waals surface area contributed by atoms with E-state index in [1.165, 1.54) is 17.4 Å². The number of ether oxygens (including phenoxy) is 1. The standard InChI is InChI=1S/C25H30N6O3S/c1-18(26-24(33)19-9-11-21(34-3)12-10-19)23-27-28-25(29(23)2)35-17-22(32)31-15-13-30(14-16-31)20-7-5-4-6-8-20/h4-12,18H,13-17H2,1-3H3,(H,26,33)/t18-/m0/s1. The zero-order valence-electron chi connectivity index (χ0n) is 20.2. The van der Waals surface area contributed by atoms with E-state index in [2.05, 4.69) is 32.5 Å². The summed E-state index contributed by atoms with van der Waals surface area (Å²) in [5, 5.41) is 12.1. The highest BCUT2D eigenvalue weighted by Gasteiger charge is 2.23. The summed E-state index contributed by atoms with van der Waals surface area (Å²) in [6.07, 6.45) is 0. The van der Waals surface area contributed by atoms with E-state index in [-0.39, 0.29) is 17.9 Å². The lowest BCUT2D eigenvalue weighted by molar-refractivity contribution is -0.128. The highest BCUT2D eigenvalue weighted by atomic mass is 32.2. The van der Waals surface area contributed by atoms with Gasteiger partial charge in [0.25, 0.3) is 5.91 Å². The van der Waals surface area contributed by atoms with Crippen LogP contribution in [0.2, 0.25) is 0 Å². The Hall–Kier alpha value is -3.53. The van der Waals surface area contributed by atoms with Crippen molar-refractivity contribution >= 4 is 29.3 Å². The first-order valence-corrected chi connectivity index (χ1v) is 12.5. The molecule has 2 heterocycles. The van der Waals surface area contributed by atoms with Crippen molar-refractivity contribution in [2.24, 2.45) is 7.05 Å². The monoisotopic (exact) mass is 494 g/mol. The number of aromatic nitrogens is 3. The maximum Gasteiger partial charge on any atom is 0.251 e. The van der Waals surface area contributed by atoms with Crippen LogP contribution in [-0.2, 0) is 11.8 Å². The van der Waals surface area contributed by atoms with Crippen molar-refractivity contribution < 1.29 is 14.3 Å². The molecule has 9 nitrogen and oxygen atoms in total. The van der Waals surface area contributed by atoms with Crippen LogP contribution in [0.15, 0.2) is 59.8 Å². The second-order valence-corrected chi connectivity index (χ2v) is 9.26. The lowest BCUT2D eigenvalue weighted by atomic mass is 10.2. The molecule has 35 heavy (non-hydrogen) atoms. The molecule has 0 spiro atoms. The highest BCUT2D eigenvalue weighted by Crippen LogP contribution is 2.21. The van der Waals surface area contributed by atoms with Crippen molar-refractivity contribution in [3.8, 4) is 5.75 Å². The molecule has 2 amide bonds. The van der Waals surface area contributed by atoms with E-state index in [1.807, 2.05) is 41.6 Å². The van der Waals surface area contributed by atoms with E-state index in [4.69, 9.17) is 4.74 Å². The minimum absolute atomic E-state index is 0.0909. The molecule has 10 heteroatoms. The van der Waals surface area contributed by atoms with Crippen LogP contribution >= 0.6 is 11.8 Å². The number of carbonyl (C=O) groups is 2. The molecule has 1 fully saturated rings. The molecule has 0 saturated carbocycles. The molecule has 0 aliphatic carbocycles. The Bertz CT molecular complexity index is 1140. The number of nitrogens with one attached hydrogen (secondary N) is 1. The summed E-state index contributed by atoms with van der Waals surface area (Å²) in [6.45, 7) is 4.90. The van der Waals surface area contributed by atoms with Crippen LogP contribution < -0.4 is 15.0 Å². The quantitative estimate of drug-likeness (QED) is 0.482. The van der Waals surface area contributed by atoms with Gasteiger partial charge in [-0.05, 0) is 43.3 Å². The number of benzene rings is 2. The van der Waals surface area contributed by atoms with Gasteiger partial charge in [0.1, 0.15) is 5.75 Å². The van der Waals surface area contributed by atoms with Crippen LogP contribution in [0.25, 0.3) is 0 Å². The number of carbonyl (C=O) groups excluding carboxylic acids is 2. The molecule has 0 radical (unpaired) electrons. The van der Waals surface area contributed by atoms with Crippen LogP contribution in [0.5, 0.6) is 5.75 Å². The minimum atomic E-state index is -0.349. The topological polar surface area (TPSA) is 92.6 Å². The summed E-state index contributed by atoms with van der Waals surface area (Å²) >= 11 is 1.36. The van der Waals surface area contributed by atoms with Gasteiger partial charge in [-0.15, -0.1) is 10.2 Å². The molecule has 1 saturated heterocycles. The third-order valence-electron chi connectivity index (χ3n) is 6.03. The van der Waals surface area contributed by atoms with E-state index in [9.17, 15) is 9.59 Å². The first kappa shape index (κ1) is 24.6. The Kier molecular flexibility index (Phi) is 7.91.